The van der Waals surface area contributed by atoms with E-state index < -0.39 is 11.1 Å². The van der Waals surface area contributed by atoms with Gasteiger partial charge in [-0.25, -0.2) is 9.19 Å². The van der Waals surface area contributed by atoms with Crippen LogP contribution < -0.4 is 5.32 Å². The van der Waals surface area contributed by atoms with Gasteiger partial charge in [0.1, 0.15) is 11.4 Å². The predicted molar refractivity (Wildman–Crippen MR) is 119 cm³/mol. The molecule has 2 aromatic carbocycles. The van der Waals surface area contributed by atoms with Gasteiger partial charge < -0.3 is 9.87 Å². The van der Waals surface area contributed by atoms with Crippen LogP contribution >= 0.6 is 11.3 Å². The summed E-state index contributed by atoms with van der Waals surface area (Å²) >= 11 is -0.308. The highest BCUT2D eigenvalue weighted by atomic mass is 32.2. The van der Waals surface area contributed by atoms with E-state index in [4.69, 9.17) is 4.55 Å². The van der Waals surface area contributed by atoms with Crippen molar-refractivity contribution in [3.63, 3.8) is 0 Å². The first-order chi connectivity index (χ1) is 14.0. The lowest BCUT2D eigenvalue weighted by Gasteiger charge is -2.16. The van der Waals surface area contributed by atoms with Gasteiger partial charge in [-0.2, -0.15) is 0 Å². The molecule has 148 valence electrons. The third kappa shape index (κ3) is 4.34. The number of nitrogens with zero attached hydrogens (tertiary/aromatic N) is 3. The average Bonchev–Trinajstić information content (AvgIpc) is 3.22. The van der Waals surface area contributed by atoms with E-state index in [0.717, 1.165) is 44.7 Å². The molecular formula is C21H20N4O2S2. The molecule has 2 aromatic heterocycles. The van der Waals surface area contributed by atoms with Crippen molar-refractivity contribution in [3.8, 4) is 22.5 Å². The molecule has 6 nitrogen and oxygen atoms in total. The van der Waals surface area contributed by atoms with Crippen molar-refractivity contribution >= 4 is 39.0 Å². The van der Waals surface area contributed by atoms with Crippen molar-refractivity contribution in [3.05, 3.63) is 58.9 Å². The Morgan fingerprint density at radius 1 is 1.10 bits per heavy atom. The zero-order valence-electron chi connectivity index (χ0n) is 16.0. The molecule has 0 aliphatic heterocycles. The van der Waals surface area contributed by atoms with E-state index in [1.165, 1.54) is 11.3 Å². The number of benzene rings is 2. The summed E-state index contributed by atoms with van der Waals surface area (Å²) in [5.41, 5.74) is 7.94. The number of hydrogen-bond acceptors (Lipinski definition) is 6. The summed E-state index contributed by atoms with van der Waals surface area (Å²) in [6.07, 6.45) is 0. The van der Waals surface area contributed by atoms with Gasteiger partial charge in [0, 0.05) is 16.8 Å². The minimum absolute atomic E-state index is 0.132. The maximum Gasteiger partial charge on any atom is 0.157 e. The predicted octanol–water partition coefficient (Wildman–Crippen LogP) is 4.96. The largest absolute Gasteiger partial charge is 0.380 e. The van der Waals surface area contributed by atoms with E-state index in [9.17, 15) is 4.21 Å². The smallest absolute Gasteiger partial charge is 0.157 e. The number of thiazole rings is 1. The Morgan fingerprint density at radius 2 is 1.86 bits per heavy atom. The normalized spacial score (nSPS) is 12.4. The second-order valence-electron chi connectivity index (χ2n) is 6.99. The molecule has 0 spiro atoms. The first kappa shape index (κ1) is 19.6. The number of hydrogen-bond donors (Lipinski definition) is 2. The highest BCUT2D eigenvalue weighted by Crippen LogP contribution is 2.34. The highest BCUT2D eigenvalue weighted by molar-refractivity contribution is 7.78. The fourth-order valence-corrected chi connectivity index (χ4v) is 4.18. The van der Waals surface area contributed by atoms with E-state index in [2.05, 4.69) is 46.5 Å². The summed E-state index contributed by atoms with van der Waals surface area (Å²) in [5.74, 6) is 0.132. The summed E-state index contributed by atoms with van der Waals surface area (Å²) in [6.45, 7) is 4.18. The second kappa shape index (κ2) is 8.36. The first-order valence-corrected chi connectivity index (χ1v) is 11.4. The van der Waals surface area contributed by atoms with Crippen LogP contribution in [0.5, 0.6) is 0 Å². The highest BCUT2D eigenvalue weighted by Gasteiger charge is 2.15. The number of rotatable bonds is 6. The Hall–Kier alpha value is -2.68. The van der Waals surface area contributed by atoms with Gasteiger partial charge in [0.2, 0.25) is 0 Å². The number of anilines is 1. The SMILES string of the molecule is CC(C)Nc1c(-c2cscn2)nnc2cc(-c3ccc(CS(=O)O)cc3)ccc12. The minimum Gasteiger partial charge on any atom is -0.380 e. The van der Waals surface area contributed by atoms with Gasteiger partial charge in [-0.1, -0.05) is 30.3 Å². The van der Waals surface area contributed by atoms with E-state index in [0.29, 0.717) is 0 Å². The molecule has 0 fully saturated rings. The molecule has 29 heavy (non-hydrogen) atoms. The van der Waals surface area contributed by atoms with Crippen LogP contribution in [0.15, 0.2) is 53.4 Å². The molecule has 4 aromatic rings. The molecule has 0 saturated carbocycles. The Bertz CT molecular complexity index is 1160. The van der Waals surface area contributed by atoms with Crippen LogP contribution in [0.3, 0.4) is 0 Å². The zero-order chi connectivity index (χ0) is 20.4. The molecule has 4 rings (SSSR count). The molecule has 1 atom stereocenters. The zero-order valence-corrected chi connectivity index (χ0v) is 17.6. The standard InChI is InChI=1S/C21H20N4O2S2/c1-13(2)23-20-17-8-7-16(15-5-3-14(4-6-15)11-29(26)27)9-18(17)24-25-21(20)19-10-28-12-22-19/h3-10,12-13H,11H2,1-2H3,(H,23,24)(H,26,27). The quantitative estimate of drug-likeness (QED) is 0.425. The van der Waals surface area contributed by atoms with Crippen LogP contribution in [0, 0.1) is 0 Å². The van der Waals surface area contributed by atoms with Crippen molar-refractivity contribution < 1.29 is 8.76 Å². The molecule has 0 bridgehead atoms. The summed E-state index contributed by atoms with van der Waals surface area (Å²) in [4.78, 5) is 4.39. The van der Waals surface area contributed by atoms with Crippen molar-refractivity contribution in [2.75, 3.05) is 5.32 Å². The maximum atomic E-state index is 11.0. The maximum absolute atomic E-state index is 11.0. The molecule has 0 amide bonds. The second-order valence-corrected chi connectivity index (χ2v) is 8.64. The van der Waals surface area contributed by atoms with Crippen LogP contribution in [0.2, 0.25) is 0 Å². The Kier molecular flexibility index (Phi) is 5.66. The third-order valence-electron chi connectivity index (χ3n) is 4.45. The Balaban J connectivity index is 1.76. The summed E-state index contributed by atoms with van der Waals surface area (Å²) in [6, 6.07) is 14.0. The first-order valence-electron chi connectivity index (χ1n) is 9.13. The molecule has 0 radical (unpaired) electrons. The lowest BCUT2D eigenvalue weighted by atomic mass is 10.0. The number of nitrogens with one attached hydrogen (secondary N) is 1. The minimum atomic E-state index is -1.84. The van der Waals surface area contributed by atoms with Crippen LogP contribution in [-0.4, -0.2) is 30.0 Å². The van der Waals surface area contributed by atoms with E-state index in [1.54, 1.807) is 5.51 Å². The third-order valence-corrected chi connectivity index (χ3v) is 5.61. The fraction of sp³-hybridized carbons (Fsp3) is 0.190. The molecule has 0 aliphatic carbocycles. The summed E-state index contributed by atoms with van der Waals surface area (Å²) < 4.78 is 20.0. The van der Waals surface area contributed by atoms with E-state index >= 15 is 0 Å². The lowest BCUT2D eigenvalue weighted by Crippen LogP contribution is -2.12. The van der Waals surface area contributed by atoms with Gasteiger partial charge in [0.25, 0.3) is 0 Å². The average molecular weight is 425 g/mol. The van der Waals surface area contributed by atoms with Crippen molar-refractivity contribution in [1.82, 2.24) is 15.2 Å². The van der Waals surface area contributed by atoms with Gasteiger partial charge in [0.05, 0.1) is 22.5 Å². The van der Waals surface area contributed by atoms with E-state index in [-0.39, 0.29) is 11.8 Å². The van der Waals surface area contributed by atoms with Crippen molar-refractivity contribution in [1.29, 1.82) is 0 Å². The number of fused-ring (bicyclic) bond motifs is 1. The van der Waals surface area contributed by atoms with Gasteiger partial charge in [-0.3, -0.25) is 0 Å². The summed E-state index contributed by atoms with van der Waals surface area (Å²) in [5, 5.41) is 15.4. The monoisotopic (exact) mass is 424 g/mol. The Morgan fingerprint density at radius 3 is 2.52 bits per heavy atom. The lowest BCUT2D eigenvalue weighted by molar-refractivity contribution is 0.563. The van der Waals surface area contributed by atoms with Crippen LogP contribution in [0.1, 0.15) is 19.4 Å². The topological polar surface area (TPSA) is 88.0 Å². The molecule has 2 heterocycles. The van der Waals surface area contributed by atoms with Gasteiger partial charge in [-0.15, -0.1) is 21.5 Å². The number of aromatic nitrogens is 3. The van der Waals surface area contributed by atoms with Crippen LogP contribution in [0.25, 0.3) is 33.4 Å². The van der Waals surface area contributed by atoms with Crippen LogP contribution in [0.4, 0.5) is 5.69 Å². The van der Waals surface area contributed by atoms with Crippen LogP contribution in [-0.2, 0) is 16.8 Å². The Labute approximate surface area is 175 Å². The molecule has 2 N–H and O–H groups in total. The molecule has 0 aliphatic rings. The van der Waals surface area contributed by atoms with Crippen molar-refractivity contribution in [2.24, 2.45) is 0 Å². The van der Waals surface area contributed by atoms with Gasteiger partial charge in [0.15, 0.2) is 11.1 Å². The van der Waals surface area contributed by atoms with E-state index in [1.807, 2.05) is 35.7 Å². The molecule has 1 unspecified atom stereocenters. The summed E-state index contributed by atoms with van der Waals surface area (Å²) in [7, 11) is 0. The van der Waals surface area contributed by atoms with Crippen molar-refractivity contribution in [2.45, 2.75) is 25.6 Å². The molecular weight excluding hydrogens is 404 g/mol. The van der Waals surface area contributed by atoms with Gasteiger partial charge >= 0.3 is 0 Å². The fourth-order valence-electron chi connectivity index (χ4n) is 3.17. The van der Waals surface area contributed by atoms with Gasteiger partial charge in [-0.05, 0) is 42.7 Å². The molecule has 0 saturated heterocycles. The molecule has 8 heteroatoms.